The zero-order chi connectivity index (χ0) is 18.1. The molecule has 5 nitrogen and oxygen atoms in total. The predicted molar refractivity (Wildman–Crippen MR) is 103 cm³/mol. The average molecular weight is 351 g/mol. The van der Waals surface area contributed by atoms with Crippen LogP contribution in [-0.4, -0.2) is 30.9 Å². The van der Waals surface area contributed by atoms with Crippen LogP contribution in [0.25, 0.3) is 10.8 Å². The van der Waals surface area contributed by atoms with Crippen molar-refractivity contribution in [2.45, 2.75) is 31.7 Å². The van der Waals surface area contributed by atoms with Crippen molar-refractivity contribution >= 4 is 28.3 Å². The molecule has 2 aromatic carbocycles. The summed E-state index contributed by atoms with van der Waals surface area (Å²) < 4.78 is 0. The Labute approximate surface area is 153 Å². The Morgan fingerprint density at radius 2 is 1.96 bits per heavy atom. The smallest absolute Gasteiger partial charge is 0.227 e. The molecule has 2 fully saturated rings. The summed E-state index contributed by atoms with van der Waals surface area (Å²) in [6, 6.07) is 14.1. The second-order valence-electron chi connectivity index (χ2n) is 7.45. The van der Waals surface area contributed by atoms with E-state index >= 15 is 0 Å². The van der Waals surface area contributed by atoms with Crippen molar-refractivity contribution in [3.8, 4) is 0 Å². The summed E-state index contributed by atoms with van der Waals surface area (Å²) in [5, 5.41) is 5.30. The van der Waals surface area contributed by atoms with E-state index < -0.39 is 0 Å². The summed E-state index contributed by atoms with van der Waals surface area (Å²) in [4.78, 5) is 27.1. The zero-order valence-electron chi connectivity index (χ0n) is 14.9. The van der Waals surface area contributed by atoms with E-state index in [1.54, 1.807) is 4.90 Å². The highest BCUT2D eigenvalue weighted by Crippen LogP contribution is 2.32. The predicted octanol–water partition coefficient (Wildman–Crippen LogP) is 2.44. The van der Waals surface area contributed by atoms with Crippen molar-refractivity contribution < 1.29 is 9.59 Å². The SMILES string of the molecule is NCC1CCCC1NC(=O)C1CC(=O)N(c2cccc3ccccc23)C1. The van der Waals surface area contributed by atoms with Crippen LogP contribution < -0.4 is 16.0 Å². The van der Waals surface area contributed by atoms with Crippen LogP contribution in [0.2, 0.25) is 0 Å². The number of carbonyl (C=O) groups is 2. The van der Waals surface area contributed by atoms with Gasteiger partial charge in [0.15, 0.2) is 0 Å². The quantitative estimate of drug-likeness (QED) is 0.888. The van der Waals surface area contributed by atoms with Gasteiger partial charge in [-0.3, -0.25) is 9.59 Å². The van der Waals surface area contributed by atoms with Crippen LogP contribution in [0.4, 0.5) is 5.69 Å². The van der Waals surface area contributed by atoms with Crippen molar-refractivity contribution in [3.63, 3.8) is 0 Å². The first kappa shape index (κ1) is 17.0. The second kappa shape index (κ2) is 7.08. The van der Waals surface area contributed by atoms with E-state index in [1.165, 1.54) is 0 Å². The van der Waals surface area contributed by atoms with Crippen LogP contribution >= 0.6 is 0 Å². The highest BCUT2D eigenvalue weighted by molar-refractivity contribution is 6.07. The molecule has 0 aromatic heterocycles. The molecule has 5 heteroatoms. The number of fused-ring (bicyclic) bond motifs is 1. The Hall–Kier alpha value is -2.40. The Morgan fingerprint density at radius 1 is 1.15 bits per heavy atom. The van der Waals surface area contributed by atoms with E-state index in [9.17, 15) is 9.59 Å². The van der Waals surface area contributed by atoms with E-state index in [1.807, 2.05) is 42.5 Å². The first-order valence-electron chi connectivity index (χ1n) is 9.46. The van der Waals surface area contributed by atoms with E-state index in [0.29, 0.717) is 19.0 Å². The third kappa shape index (κ3) is 3.07. The van der Waals surface area contributed by atoms with Gasteiger partial charge in [0.1, 0.15) is 0 Å². The lowest BCUT2D eigenvalue weighted by Gasteiger charge is -2.22. The largest absolute Gasteiger partial charge is 0.353 e. The molecule has 1 saturated heterocycles. The Morgan fingerprint density at radius 3 is 2.81 bits per heavy atom. The van der Waals surface area contributed by atoms with Crippen LogP contribution in [0, 0.1) is 11.8 Å². The monoisotopic (exact) mass is 351 g/mol. The molecular formula is C21H25N3O2. The first-order valence-corrected chi connectivity index (χ1v) is 9.46. The Bertz CT molecular complexity index is 830. The molecule has 3 N–H and O–H groups in total. The number of hydrogen-bond acceptors (Lipinski definition) is 3. The second-order valence-corrected chi connectivity index (χ2v) is 7.45. The van der Waals surface area contributed by atoms with Crippen LogP contribution in [0.5, 0.6) is 0 Å². The molecule has 1 aliphatic carbocycles. The van der Waals surface area contributed by atoms with Gasteiger partial charge < -0.3 is 16.0 Å². The topological polar surface area (TPSA) is 75.4 Å². The van der Waals surface area contributed by atoms with E-state index in [0.717, 1.165) is 35.7 Å². The lowest BCUT2D eigenvalue weighted by atomic mass is 10.0. The fraction of sp³-hybridized carbons (Fsp3) is 0.429. The van der Waals surface area contributed by atoms with Crippen molar-refractivity contribution in [3.05, 3.63) is 42.5 Å². The molecule has 136 valence electrons. The molecule has 26 heavy (non-hydrogen) atoms. The van der Waals surface area contributed by atoms with Crippen molar-refractivity contribution in [1.82, 2.24) is 5.32 Å². The maximum Gasteiger partial charge on any atom is 0.227 e. The summed E-state index contributed by atoms with van der Waals surface area (Å²) in [7, 11) is 0. The number of nitrogens with two attached hydrogens (primary N) is 1. The van der Waals surface area contributed by atoms with Gasteiger partial charge in [-0.05, 0) is 36.8 Å². The van der Waals surface area contributed by atoms with Crippen LogP contribution in [0.3, 0.4) is 0 Å². The zero-order valence-corrected chi connectivity index (χ0v) is 14.9. The maximum atomic E-state index is 12.7. The van der Waals surface area contributed by atoms with Crippen molar-refractivity contribution in [2.75, 3.05) is 18.0 Å². The number of nitrogens with one attached hydrogen (secondary N) is 1. The summed E-state index contributed by atoms with van der Waals surface area (Å²) in [6.07, 6.45) is 3.45. The highest BCUT2D eigenvalue weighted by atomic mass is 16.2. The molecule has 2 amide bonds. The molecule has 4 rings (SSSR count). The Kier molecular flexibility index (Phi) is 4.64. The minimum Gasteiger partial charge on any atom is -0.353 e. The molecule has 1 heterocycles. The lowest BCUT2D eigenvalue weighted by Crippen LogP contribution is -2.43. The molecular weight excluding hydrogens is 326 g/mol. The fourth-order valence-corrected chi connectivity index (χ4v) is 4.37. The van der Waals surface area contributed by atoms with Crippen LogP contribution in [0.1, 0.15) is 25.7 Å². The number of anilines is 1. The van der Waals surface area contributed by atoms with E-state index in [-0.39, 0.29) is 30.2 Å². The average Bonchev–Trinajstić information content (AvgIpc) is 3.27. The molecule has 1 aliphatic heterocycles. The molecule has 2 aliphatic rings. The van der Waals surface area contributed by atoms with Gasteiger partial charge >= 0.3 is 0 Å². The molecule has 1 saturated carbocycles. The standard InChI is InChI=1S/C21H25N3O2/c22-12-15-7-3-9-18(15)23-21(26)16-11-20(25)24(13-16)19-10-4-6-14-5-1-2-8-17(14)19/h1-2,4-6,8,10,15-16,18H,3,7,9,11-13,22H2,(H,23,26). The fourth-order valence-electron chi connectivity index (χ4n) is 4.37. The van der Waals surface area contributed by atoms with Gasteiger partial charge in [0.25, 0.3) is 0 Å². The number of hydrogen-bond donors (Lipinski definition) is 2. The van der Waals surface area contributed by atoms with Gasteiger partial charge in [-0.15, -0.1) is 0 Å². The van der Waals surface area contributed by atoms with Gasteiger partial charge in [0.2, 0.25) is 11.8 Å². The number of rotatable bonds is 4. The summed E-state index contributed by atoms with van der Waals surface area (Å²) in [5.41, 5.74) is 6.71. The summed E-state index contributed by atoms with van der Waals surface area (Å²) in [5.74, 6) is 0.0838. The third-order valence-corrected chi connectivity index (χ3v) is 5.84. The van der Waals surface area contributed by atoms with Gasteiger partial charge in [-0.1, -0.05) is 42.8 Å². The number of benzene rings is 2. The first-order chi connectivity index (χ1) is 12.7. The molecule has 3 atom stereocenters. The normalized spacial score (nSPS) is 25.8. The van der Waals surface area contributed by atoms with E-state index in [2.05, 4.69) is 5.32 Å². The molecule has 0 spiro atoms. The number of nitrogens with zero attached hydrogens (tertiary/aromatic N) is 1. The molecule has 2 aromatic rings. The van der Waals surface area contributed by atoms with Crippen molar-refractivity contribution in [2.24, 2.45) is 17.6 Å². The number of amides is 2. The number of carbonyl (C=O) groups excluding carboxylic acids is 2. The molecule has 0 radical (unpaired) electrons. The summed E-state index contributed by atoms with van der Waals surface area (Å²) >= 11 is 0. The van der Waals surface area contributed by atoms with Gasteiger partial charge in [0, 0.05) is 24.4 Å². The van der Waals surface area contributed by atoms with Crippen molar-refractivity contribution in [1.29, 1.82) is 0 Å². The van der Waals surface area contributed by atoms with Gasteiger partial charge in [-0.25, -0.2) is 0 Å². The minimum absolute atomic E-state index is 0.00793. The maximum absolute atomic E-state index is 12.7. The van der Waals surface area contributed by atoms with E-state index in [4.69, 9.17) is 5.73 Å². The Balaban J connectivity index is 1.51. The molecule has 0 bridgehead atoms. The summed E-state index contributed by atoms with van der Waals surface area (Å²) in [6.45, 7) is 1.05. The minimum atomic E-state index is -0.291. The lowest BCUT2D eigenvalue weighted by molar-refractivity contribution is -0.127. The van der Waals surface area contributed by atoms with Gasteiger partial charge in [-0.2, -0.15) is 0 Å². The third-order valence-electron chi connectivity index (χ3n) is 5.84. The molecule has 3 unspecified atom stereocenters. The van der Waals surface area contributed by atoms with Crippen LogP contribution in [0.15, 0.2) is 42.5 Å². The highest BCUT2D eigenvalue weighted by Gasteiger charge is 2.37. The van der Waals surface area contributed by atoms with Crippen LogP contribution in [-0.2, 0) is 9.59 Å². The van der Waals surface area contributed by atoms with Gasteiger partial charge in [0.05, 0.1) is 11.6 Å².